The lowest BCUT2D eigenvalue weighted by Gasteiger charge is -2.10. The van der Waals surface area contributed by atoms with Crippen LogP contribution in [0.3, 0.4) is 0 Å². The van der Waals surface area contributed by atoms with E-state index in [0.29, 0.717) is 28.9 Å². The summed E-state index contributed by atoms with van der Waals surface area (Å²) in [5.41, 5.74) is 1.86. The summed E-state index contributed by atoms with van der Waals surface area (Å²) in [5, 5.41) is 8.86. The molecule has 31 heavy (non-hydrogen) atoms. The van der Waals surface area contributed by atoms with Crippen LogP contribution in [0.4, 0.5) is 11.4 Å². The fourth-order valence-corrected chi connectivity index (χ4v) is 3.28. The number of carbonyl (C=O) groups is 4. The van der Waals surface area contributed by atoms with E-state index in [1.807, 2.05) is 0 Å². The van der Waals surface area contributed by atoms with Gasteiger partial charge in [-0.25, -0.2) is 4.79 Å². The van der Waals surface area contributed by atoms with Crippen molar-refractivity contribution in [3.63, 3.8) is 0 Å². The van der Waals surface area contributed by atoms with Crippen LogP contribution in [-0.2, 0) is 9.53 Å². The molecule has 0 fully saturated rings. The topological polar surface area (TPSA) is 102 Å². The molecule has 7 nitrogen and oxygen atoms in total. The molecule has 0 bridgehead atoms. The fourth-order valence-electron chi connectivity index (χ4n) is 2.64. The van der Waals surface area contributed by atoms with Gasteiger partial charge in [-0.3, -0.25) is 14.4 Å². The summed E-state index contributed by atoms with van der Waals surface area (Å²) in [6.07, 6.45) is 0.353. The lowest BCUT2D eigenvalue weighted by atomic mass is 10.1. The highest BCUT2D eigenvalue weighted by Crippen LogP contribution is 2.19. The van der Waals surface area contributed by atoms with Gasteiger partial charge in [-0.2, -0.15) is 11.3 Å². The molecule has 1 heterocycles. The lowest BCUT2D eigenvalue weighted by molar-refractivity contribution is -0.115. The fraction of sp³-hybridized carbons (Fsp3) is 0.130. The number of carbonyl (C=O) groups excluding carboxylic acids is 4. The normalized spacial score (nSPS) is 10.2. The van der Waals surface area contributed by atoms with Gasteiger partial charge in [0.1, 0.15) is 0 Å². The quantitative estimate of drug-likeness (QED) is 0.403. The molecule has 0 spiro atoms. The second-order valence-corrected chi connectivity index (χ2v) is 7.27. The van der Waals surface area contributed by atoms with Crippen molar-refractivity contribution in [1.82, 2.24) is 0 Å². The molecular weight excluding hydrogens is 416 g/mol. The van der Waals surface area contributed by atoms with Gasteiger partial charge in [0.05, 0.1) is 16.8 Å². The smallest absolute Gasteiger partial charge is 0.340 e. The number of esters is 1. The maximum atomic E-state index is 12.5. The van der Waals surface area contributed by atoms with Crippen molar-refractivity contribution in [2.45, 2.75) is 13.3 Å². The van der Waals surface area contributed by atoms with Crippen LogP contribution in [0.25, 0.3) is 0 Å². The number of amides is 2. The summed E-state index contributed by atoms with van der Waals surface area (Å²) in [5.74, 6) is -1.58. The maximum Gasteiger partial charge on any atom is 0.340 e. The monoisotopic (exact) mass is 436 g/mol. The third kappa shape index (κ3) is 5.86. The average molecular weight is 436 g/mol. The van der Waals surface area contributed by atoms with E-state index in [1.54, 1.807) is 66.2 Å². The molecule has 1 aromatic heterocycles. The molecule has 3 aromatic rings. The third-order valence-electron chi connectivity index (χ3n) is 4.32. The summed E-state index contributed by atoms with van der Waals surface area (Å²) < 4.78 is 5.16. The summed E-state index contributed by atoms with van der Waals surface area (Å²) in [6.45, 7) is 1.29. The van der Waals surface area contributed by atoms with Gasteiger partial charge in [-0.15, -0.1) is 0 Å². The minimum Gasteiger partial charge on any atom is -0.454 e. The van der Waals surface area contributed by atoms with Crippen molar-refractivity contribution in [2.75, 3.05) is 17.2 Å². The summed E-state index contributed by atoms with van der Waals surface area (Å²) in [6, 6.07) is 14.4. The highest BCUT2D eigenvalue weighted by molar-refractivity contribution is 7.08. The van der Waals surface area contributed by atoms with Gasteiger partial charge in [0.15, 0.2) is 12.4 Å². The van der Waals surface area contributed by atoms with Crippen LogP contribution in [0.1, 0.15) is 44.4 Å². The molecular formula is C23H20N2O5S. The van der Waals surface area contributed by atoms with Crippen LogP contribution < -0.4 is 10.6 Å². The number of anilines is 2. The predicted octanol–water partition coefficient (Wildman–Crippen LogP) is 4.39. The molecule has 2 amide bonds. The van der Waals surface area contributed by atoms with Gasteiger partial charge >= 0.3 is 5.97 Å². The molecule has 8 heteroatoms. The molecule has 0 saturated carbocycles. The number of nitrogens with one attached hydrogen (secondary N) is 2. The van der Waals surface area contributed by atoms with Gasteiger partial charge in [-0.05, 0) is 47.8 Å². The Balaban J connectivity index is 1.61. The zero-order valence-corrected chi connectivity index (χ0v) is 17.5. The Kier molecular flexibility index (Phi) is 7.29. The van der Waals surface area contributed by atoms with Gasteiger partial charge < -0.3 is 15.4 Å². The Labute approximate surface area is 183 Å². The van der Waals surface area contributed by atoms with E-state index >= 15 is 0 Å². The van der Waals surface area contributed by atoms with Crippen LogP contribution >= 0.6 is 11.3 Å². The van der Waals surface area contributed by atoms with Crippen LogP contribution in [0.2, 0.25) is 0 Å². The second-order valence-electron chi connectivity index (χ2n) is 6.49. The number of thiophene rings is 1. The summed E-state index contributed by atoms with van der Waals surface area (Å²) >= 11 is 1.39. The van der Waals surface area contributed by atoms with Crippen molar-refractivity contribution in [3.05, 3.63) is 82.0 Å². The minimum absolute atomic E-state index is 0.127. The first kappa shape index (κ1) is 21.9. The molecule has 0 aliphatic carbocycles. The predicted molar refractivity (Wildman–Crippen MR) is 119 cm³/mol. The molecule has 2 aromatic carbocycles. The number of rotatable bonds is 8. The van der Waals surface area contributed by atoms with Crippen LogP contribution in [0.15, 0.2) is 65.4 Å². The first-order valence-electron chi connectivity index (χ1n) is 9.50. The van der Waals surface area contributed by atoms with E-state index in [0.717, 1.165) is 0 Å². The summed E-state index contributed by atoms with van der Waals surface area (Å²) in [7, 11) is 0. The molecule has 0 aliphatic rings. The maximum absolute atomic E-state index is 12.5. The highest BCUT2D eigenvalue weighted by atomic mass is 32.1. The van der Waals surface area contributed by atoms with Crippen LogP contribution in [0.5, 0.6) is 0 Å². The van der Waals surface area contributed by atoms with E-state index in [2.05, 4.69) is 10.6 Å². The standard InChI is InChI=1S/C23H20N2O5S/c1-2-21(27)24-17-9-7-15(8-10-17)20(26)13-30-23(29)18-5-3-4-6-19(18)25-22(28)16-11-12-31-14-16/h3-12,14H,2,13H2,1H3,(H,24,27)(H,25,28). The number of para-hydroxylation sites is 1. The molecule has 158 valence electrons. The van der Waals surface area contributed by atoms with Crippen molar-refractivity contribution >= 4 is 46.3 Å². The Morgan fingerprint density at radius 3 is 2.32 bits per heavy atom. The molecule has 3 rings (SSSR count). The number of hydrogen-bond donors (Lipinski definition) is 2. The minimum atomic E-state index is -0.721. The Morgan fingerprint density at radius 2 is 1.65 bits per heavy atom. The van der Waals surface area contributed by atoms with Crippen LogP contribution in [-0.4, -0.2) is 30.2 Å². The first-order chi connectivity index (χ1) is 15.0. The van der Waals surface area contributed by atoms with Gasteiger partial charge in [0.25, 0.3) is 5.91 Å². The highest BCUT2D eigenvalue weighted by Gasteiger charge is 2.17. The van der Waals surface area contributed by atoms with Crippen molar-refractivity contribution in [3.8, 4) is 0 Å². The number of ketones is 1. The number of ether oxygens (including phenoxy) is 1. The Hall–Kier alpha value is -3.78. The average Bonchev–Trinajstić information content (AvgIpc) is 3.33. The van der Waals surface area contributed by atoms with Gasteiger partial charge in [0, 0.05) is 23.1 Å². The lowest BCUT2D eigenvalue weighted by Crippen LogP contribution is -2.18. The van der Waals surface area contributed by atoms with E-state index < -0.39 is 12.6 Å². The zero-order chi connectivity index (χ0) is 22.2. The van der Waals surface area contributed by atoms with Gasteiger partial charge in [-0.1, -0.05) is 19.1 Å². The first-order valence-corrected chi connectivity index (χ1v) is 10.4. The van der Waals surface area contributed by atoms with E-state index in [9.17, 15) is 19.2 Å². The second kappa shape index (κ2) is 10.3. The number of benzene rings is 2. The van der Waals surface area contributed by atoms with Crippen molar-refractivity contribution in [2.24, 2.45) is 0 Å². The number of hydrogen-bond acceptors (Lipinski definition) is 6. The molecule has 0 aliphatic heterocycles. The Bertz CT molecular complexity index is 1090. The van der Waals surface area contributed by atoms with E-state index in [-0.39, 0.29) is 23.2 Å². The van der Waals surface area contributed by atoms with Gasteiger partial charge in [0.2, 0.25) is 5.91 Å². The van der Waals surface area contributed by atoms with E-state index in [4.69, 9.17) is 4.74 Å². The summed E-state index contributed by atoms with van der Waals surface area (Å²) in [4.78, 5) is 48.6. The molecule has 2 N–H and O–H groups in total. The van der Waals surface area contributed by atoms with Crippen LogP contribution in [0, 0.1) is 0 Å². The Morgan fingerprint density at radius 1 is 0.903 bits per heavy atom. The molecule has 0 atom stereocenters. The SMILES string of the molecule is CCC(=O)Nc1ccc(C(=O)COC(=O)c2ccccc2NC(=O)c2ccsc2)cc1. The molecule has 0 unspecified atom stereocenters. The molecule has 0 radical (unpaired) electrons. The molecule has 0 saturated heterocycles. The zero-order valence-electron chi connectivity index (χ0n) is 16.7. The third-order valence-corrected chi connectivity index (χ3v) is 5.01. The van der Waals surface area contributed by atoms with Crippen molar-refractivity contribution < 1.29 is 23.9 Å². The van der Waals surface area contributed by atoms with E-state index in [1.165, 1.54) is 17.4 Å². The largest absolute Gasteiger partial charge is 0.454 e. The number of Topliss-reactive ketones (excluding diaryl/α,β-unsaturated/α-hetero) is 1. The van der Waals surface area contributed by atoms with Crippen molar-refractivity contribution in [1.29, 1.82) is 0 Å².